The molecule has 3 aromatic heterocycles. The highest BCUT2D eigenvalue weighted by Crippen LogP contribution is 2.38. The van der Waals surface area contributed by atoms with Crippen LogP contribution in [0, 0.1) is 0 Å². The third kappa shape index (κ3) is 3.59. The number of rotatable bonds is 5. The molecule has 1 amide bonds. The first-order valence-corrected chi connectivity index (χ1v) is 11.7. The zero-order valence-corrected chi connectivity index (χ0v) is 18.2. The van der Waals surface area contributed by atoms with Gasteiger partial charge in [0.2, 0.25) is 0 Å². The minimum Gasteiger partial charge on any atom is -0.455 e. The molecule has 5 rings (SSSR count). The summed E-state index contributed by atoms with van der Waals surface area (Å²) in [6.45, 7) is 0.684. The van der Waals surface area contributed by atoms with Gasteiger partial charge >= 0.3 is 0 Å². The number of fused-ring (bicyclic) bond motifs is 1. The Morgan fingerprint density at radius 2 is 2.10 bits per heavy atom. The minimum atomic E-state index is -0.0795. The van der Waals surface area contributed by atoms with E-state index in [-0.39, 0.29) is 11.9 Å². The van der Waals surface area contributed by atoms with E-state index in [0.717, 1.165) is 22.9 Å². The van der Waals surface area contributed by atoms with E-state index in [4.69, 9.17) is 4.42 Å². The van der Waals surface area contributed by atoms with Gasteiger partial charge < -0.3 is 13.9 Å². The Bertz CT molecular complexity index is 1160. The van der Waals surface area contributed by atoms with Crippen LogP contribution in [-0.2, 0) is 19.2 Å². The van der Waals surface area contributed by atoms with Gasteiger partial charge in [-0.25, -0.2) is 4.98 Å². The van der Waals surface area contributed by atoms with Crippen molar-refractivity contribution >= 4 is 29.0 Å². The number of carbonyl (C=O) groups excluding carboxylic acids is 1. The van der Waals surface area contributed by atoms with E-state index in [1.807, 2.05) is 47.0 Å². The molecule has 0 aliphatic carbocycles. The maximum absolute atomic E-state index is 13.4. The number of nitrogens with zero attached hydrogens (tertiary/aromatic N) is 3. The maximum atomic E-state index is 13.4. The van der Waals surface area contributed by atoms with Crippen LogP contribution >= 0.6 is 23.1 Å². The molecular weight excluding hydrogens is 414 g/mol. The fraction of sp³-hybridized carbons (Fsp3) is 0.217. The molecule has 1 atom stereocenters. The average molecular weight is 436 g/mol. The molecule has 5 nitrogen and oxygen atoms in total. The summed E-state index contributed by atoms with van der Waals surface area (Å²) in [6, 6.07) is 16.0. The number of thiophene rings is 1. The van der Waals surface area contributed by atoms with E-state index in [1.54, 1.807) is 35.4 Å². The van der Waals surface area contributed by atoms with Crippen LogP contribution in [-0.4, -0.2) is 26.9 Å². The molecule has 7 heteroatoms. The molecule has 1 aliphatic rings. The van der Waals surface area contributed by atoms with Crippen molar-refractivity contribution in [1.29, 1.82) is 0 Å². The van der Waals surface area contributed by atoms with Gasteiger partial charge in [0.25, 0.3) is 5.91 Å². The first kappa shape index (κ1) is 19.2. The number of imidazole rings is 1. The molecule has 0 radical (unpaired) electrons. The lowest BCUT2D eigenvalue weighted by Crippen LogP contribution is -2.39. The summed E-state index contributed by atoms with van der Waals surface area (Å²) in [7, 11) is 1.96. The third-order valence-corrected chi connectivity index (χ3v) is 7.41. The summed E-state index contributed by atoms with van der Waals surface area (Å²) in [4.78, 5) is 21.0. The lowest BCUT2D eigenvalue weighted by Gasteiger charge is -2.35. The van der Waals surface area contributed by atoms with Crippen LogP contribution in [0.2, 0.25) is 0 Å². The van der Waals surface area contributed by atoms with Gasteiger partial charge in [-0.15, -0.1) is 11.3 Å². The van der Waals surface area contributed by atoms with Crippen LogP contribution < -0.4 is 0 Å². The van der Waals surface area contributed by atoms with E-state index in [9.17, 15) is 4.79 Å². The van der Waals surface area contributed by atoms with Gasteiger partial charge in [-0.2, -0.15) is 0 Å². The Kier molecular flexibility index (Phi) is 5.23. The summed E-state index contributed by atoms with van der Waals surface area (Å²) in [5.41, 5.74) is 2.35. The van der Waals surface area contributed by atoms with Crippen LogP contribution in [0.3, 0.4) is 0 Å². The largest absolute Gasteiger partial charge is 0.455 e. The highest BCUT2D eigenvalue weighted by atomic mass is 32.2. The number of carbonyl (C=O) groups is 1. The Morgan fingerprint density at radius 3 is 2.90 bits per heavy atom. The van der Waals surface area contributed by atoms with Crippen molar-refractivity contribution in [2.45, 2.75) is 23.4 Å². The van der Waals surface area contributed by atoms with E-state index in [1.165, 1.54) is 10.4 Å². The monoisotopic (exact) mass is 435 g/mol. The standard InChI is InChI=1S/C23H21N3O2S2/c1-25-13-11-24-23(25)30-15-17-7-8-19(28-17)22(27)26-12-9-20-18(10-14-29-20)21(26)16-5-3-2-4-6-16/h2-8,10-11,13-14,21H,9,12,15H2,1H3. The molecule has 0 N–H and O–H groups in total. The third-order valence-electron chi connectivity index (χ3n) is 5.34. The number of thioether (sulfide) groups is 1. The molecule has 0 spiro atoms. The molecule has 1 aliphatic heterocycles. The molecule has 0 fully saturated rings. The van der Waals surface area contributed by atoms with E-state index in [0.29, 0.717) is 18.1 Å². The smallest absolute Gasteiger partial charge is 0.290 e. The van der Waals surface area contributed by atoms with Crippen LogP contribution in [0.5, 0.6) is 0 Å². The van der Waals surface area contributed by atoms with Gasteiger partial charge in [0.15, 0.2) is 10.9 Å². The molecule has 4 aromatic rings. The van der Waals surface area contributed by atoms with Crippen LogP contribution in [0.15, 0.2) is 75.9 Å². The lowest BCUT2D eigenvalue weighted by molar-refractivity contribution is 0.0662. The Morgan fingerprint density at radius 1 is 1.23 bits per heavy atom. The van der Waals surface area contributed by atoms with Crippen LogP contribution in [0.25, 0.3) is 0 Å². The van der Waals surface area contributed by atoms with Gasteiger partial charge in [-0.05, 0) is 41.1 Å². The quantitative estimate of drug-likeness (QED) is 0.407. The van der Waals surface area contributed by atoms with Crippen LogP contribution in [0.1, 0.15) is 38.4 Å². The second-order valence-corrected chi connectivity index (χ2v) is 9.18. The van der Waals surface area contributed by atoms with Gasteiger partial charge in [0.05, 0.1) is 11.8 Å². The fourth-order valence-corrected chi connectivity index (χ4v) is 5.60. The Hall–Kier alpha value is -2.77. The van der Waals surface area contributed by atoms with Gasteiger partial charge in [-0.3, -0.25) is 4.79 Å². The summed E-state index contributed by atoms with van der Waals surface area (Å²) in [5, 5.41) is 3.04. The second kappa shape index (κ2) is 8.16. The van der Waals surface area contributed by atoms with E-state index >= 15 is 0 Å². The number of amides is 1. The molecular formula is C23H21N3O2S2. The number of hydrogen-bond donors (Lipinski definition) is 0. The molecule has 0 saturated heterocycles. The number of aromatic nitrogens is 2. The second-order valence-electron chi connectivity index (χ2n) is 7.24. The zero-order valence-electron chi connectivity index (χ0n) is 16.5. The predicted molar refractivity (Wildman–Crippen MR) is 119 cm³/mol. The zero-order chi connectivity index (χ0) is 20.5. The van der Waals surface area contributed by atoms with Gasteiger partial charge in [0.1, 0.15) is 5.76 Å². The van der Waals surface area contributed by atoms with Crippen LogP contribution in [0.4, 0.5) is 0 Å². The normalized spacial score (nSPS) is 15.9. The lowest BCUT2D eigenvalue weighted by atomic mass is 9.93. The number of benzene rings is 1. The Labute approximate surface area is 183 Å². The van der Waals surface area contributed by atoms with Crippen molar-refractivity contribution in [2.75, 3.05) is 6.54 Å². The summed E-state index contributed by atoms with van der Waals surface area (Å²) in [6.07, 6.45) is 4.57. The van der Waals surface area contributed by atoms with Crippen molar-refractivity contribution in [1.82, 2.24) is 14.5 Å². The molecule has 1 unspecified atom stereocenters. The molecule has 30 heavy (non-hydrogen) atoms. The topological polar surface area (TPSA) is 51.3 Å². The number of furan rings is 1. The molecule has 0 saturated carbocycles. The van der Waals surface area contributed by atoms with Crippen molar-refractivity contribution in [3.8, 4) is 0 Å². The molecule has 1 aromatic carbocycles. The van der Waals surface area contributed by atoms with Crippen molar-refractivity contribution in [3.05, 3.63) is 93.8 Å². The molecule has 152 valence electrons. The van der Waals surface area contributed by atoms with Gasteiger partial charge in [-0.1, -0.05) is 42.1 Å². The average Bonchev–Trinajstić information content (AvgIpc) is 3.52. The SMILES string of the molecule is Cn1ccnc1SCc1ccc(C(=O)N2CCc3sccc3C2c2ccccc2)o1. The molecule has 0 bridgehead atoms. The van der Waals surface area contributed by atoms with E-state index in [2.05, 4.69) is 28.6 Å². The highest BCUT2D eigenvalue weighted by molar-refractivity contribution is 7.98. The number of hydrogen-bond acceptors (Lipinski definition) is 5. The first-order chi connectivity index (χ1) is 14.7. The van der Waals surface area contributed by atoms with Crippen molar-refractivity contribution < 1.29 is 9.21 Å². The van der Waals surface area contributed by atoms with Crippen molar-refractivity contribution in [3.63, 3.8) is 0 Å². The minimum absolute atomic E-state index is 0.0612. The van der Waals surface area contributed by atoms with Crippen molar-refractivity contribution in [2.24, 2.45) is 7.05 Å². The summed E-state index contributed by atoms with van der Waals surface area (Å²) in [5.74, 6) is 1.74. The maximum Gasteiger partial charge on any atom is 0.290 e. The number of aryl methyl sites for hydroxylation is 1. The summed E-state index contributed by atoms with van der Waals surface area (Å²) < 4.78 is 7.91. The highest BCUT2D eigenvalue weighted by Gasteiger charge is 2.34. The predicted octanol–water partition coefficient (Wildman–Crippen LogP) is 5.15. The molecule has 4 heterocycles. The van der Waals surface area contributed by atoms with E-state index < -0.39 is 0 Å². The Balaban J connectivity index is 1.39. The first-order valence-electron chi connectivity index (χ1n) is 9.82. The summed E-state index contributed by atoms with van der Waals surface area (Å²) >= 11 is 3.36. The van der Waals surface area contributed by atoms with Gasteiger partial charge in [0, 0.05) is 30.9 Å². The fourth-order valence-electron chi connectivity index (χ4n) is 3.87.